The number of fused-ring (bicyclic) bond motifs is 3. The normalized spacial score (nSPS) is 14.2. The van der Waals surface area contributed by atoms with Crippen LogP contribution in [0.25, 0.3) is 10.2 Å². The van der Waals surface area contributed by atoms with Crippen LogP contribution in [0.2, 0.25) is 0 Å². The zero-order chi connectivity index (χ0) is 18.0. The molecule has 0 atom stereocenters. The molecule has 0 amide bonds. The molecule has 3 rings (SSSR count). The van der Waals surface area contributed by atoms with Gasteiger partial charge in [-0.25, -0.2) is 4.98 Å². The Morgan fingerprint density at radius 3 is 2.80 bits per heavy atom. The second-order valence-electron chi connectivity index (χ2n) is 7.11. The summed E-state index contributed by atoms with van der Waals surface area (Å²) in [7, 11) is 0. The van der Waals surface area contributed by atoms with Gasteiger partial charge in [0.05, 0.1) is 11.1 Å². The summed E-state index contributed by atoms with van der Waals surface area (Å²) in [5, 5.41) is 1.55. The predicted molar refractivity (Wildman–Crippen MR) is 106 cm³/mol. The molecule has 0 fully saturated rings. The van der Waals surface area contributed by atoms with E-state index in [2.05, 4.69) is 13.8 Å². The maximum Gasteiger partial charge on any atom is 0.263 e. The van der Waals surface area contributed by atoms with Crippen LogP contribution in [0.4, 0.5) is 0 Å². The van der Waals surface area contributed by atoms with Gasteiger partial charge in [0.2, 0.25) is 0 Å². The number of thioether (sulfide) groups is 1. The van der Waals surface area contributed by atoms with Crippen LogP contribution in [0, 0.1) is 5.92 Å². The summed E-state index contributed by atoms with van der Waals surface area (Å²) < 4.78 is 1.82. The van der Waals surface area contributed by atoms with Gasteiger partial charge in [0.1, 0.15) is 10.6 Å². The van der Waals surface area contributed by atoms with Crippen LogP contribution in [0.1, 0.15) is 56.9 Å². The number of carbonyl (C=O) groups is 1. The summed E-state index contributed by atoms with van der Waals surface area (Å²) >= 11 is 3.09. The first-order valence-electron chi connectivity index (χ1n) is 9.20. The molecular weight excluding hydrogens is 352 g/mol. The Labute approximate surface area is 157 Å². The van der Waals surface area contributed by atoms with E-state index in [1.807, 2.05) is 11.5 Å². The molecule has 0 aliphatic heterocycles. The topological polar surface area (TPSA) is 52.0 Å². The van der Waals surface area contributed by atoms with E-state index >= 15 is 0 Å². The van der Waals surface area contributed by atoms with Gasteiger partial charge in [-0.05, 0) is 43.6 Å². The Bertz CT molecular complexity index is 836. The quantitative estimate of drug-likeness (QED) is 0.527. The molecular formula is C19H26N2O2S2. The Morgan fingerprint density at radius 1 is 1.32 bits per heavy atom. The van der Waals surface area contributed by atoms with Crippen LogP contribution < -0.4 is 5.56 Å². The van der Waals surface area contributed by atoms with Crippen LogP contribution in [-0.2, 0) is 24.2 Å². The van der Waals surface area contributed by atoms with E-state index in [9.17, 15) is 9.59 Å². The molecule has 2 heterocycles. The first kappa shape index (κ1) is 18.6. The minimum Gasteiger partial charge on any atom is -0.299 e. The predicted octanol–water partition coefficient (Wildman–Crippen LogP) is 4.45. The molecule has 0 spiro atoms. The third-order valence-electron chi connectivity index (χ3n) is 4.73. The average molecular weight is 379 g/mol. The summed E-state index contributed by atoms with van der Waals surface area (Å²) in [6.07, 6.45) is 5.89. The van der Waals surface area contributed by atoms with Gasteiger partial charge in [-0.15, -0.1) is 11.3 Å². The zero-order valence-electron chi connectivity index (χ0n) is 15.3. The Hall–Kier alpha value is -1.14. The summed E-state index contributed by atoms with van der Waals surface area (Å²) in [5.41, 5.74) is 1.33. The van der Waals surface area contributed by atoms with Crippen molar-refractivity contribution >= 4 is 39.1 Å². The lowest BCUT2D eigenvalue weighted by molar-refractivity contribution is -0.116. The molecule has 0 radical (unpaired) electrons. The summed E-state index contributed by atoms with van der Waals surface area (Å²) in [6, 6.07) is 0. The van der Waals surface area contributed by atoms with Crippen molar-refractivity contribution in [2.24, 2.45) is 5.92 Å². The van der Waals surface area contributed by atoms with E-state index in [0.29, 0.717) is 29.8 Å². The van der Waals surface area contributed by atoms with Crippen molar-refractivity contribution in [3.63, 3.8) is 0 Å². The molecule has 6 heteroatoms. The lowest BCUT2D eigenvalue weighted by Gasteiger charge is -2.14. The minimum absolute atomic E-state index is 0.0940. The van der Waals surface area contributed by atoms with Crippen molar-refractivity contribution in [3.05, 3.63) is 20.8 Å². The Morgan fingerprint density at radius 2 is 2.08 bits per heavy atom. The maximum atomic E-state index is 13.2. The molecule has 2 aromatic rings. The summed E-state index contributed by atoms with van der Waals surface area (Å²) in [4.78, 5) is 32.0. The Kier molecular flexibility index (Phi) is 6.00. The number of aromatic nitrogens is 2. The minimum atomic E-state index is 0.0940. The smallest absolute Gasteiger partial charge is 0.263 e. The average Bonchev–Trinajstić information content (AvgIpc) is 2.97. The molecule has 0 unspecified atom stereocenters. The molecule has 1 aliphatic carbocycles. The van der Waals surface area contributed by atoms with Gasteiger partial charge < -0.3 is 0 Å². The lowest BCUT2D eigenvalue weighted by atomic mass is 9.97. The highest BCUT2D eigenvalue weighted by atomic mass is 32.2. The third-order valence-corrected chi connectivity index (χ3v) is 6.95. The fourth-order valence-corrected chi connectivity index (χ4v) is 5.45. The highest BCUT2D eigenvalue weighted by Crippen LogP contribution is 2.34. The number of Topliss-reactive ketones (excluding diaryl/α,β-unsaturated/α-hetero) is 1. The molecule has 0 saturated heterocycles. The molecule has 0 aromatic carbocycles. The van der Waals surface area contributed by atoms with Crippen molar-refractivity contribution in [3.8, 4) is 0 Å². The lowest BCUT2D eigenvalue weighted by Crippen LogP contribution is -2.25. The standard InChI is InChI=1S/C19H26N2O2S2/c1-4-13(22)11-24-19-20-17-16(14-7-5-6-8-15(14)25-17)18(23)21(19)10-9-12(2)3/h12H,4-11H2,1-3H3. The number of carbonyl (C=O) groups excluding carboxylic acids is 1. The monoisotopic (exact) mass is 378 g/mol. The second kappa shape index (κ2) is 8.04. The van der Waals surface area contributed by atoms with Crippen LogP contribution in [0.5, 0.6) is 0 Å². The van der Waals surface area contributed by atoms with E-state index in [-0.39, 0.29) is 11.3 Å². The van der Waals surface area contributed by atoms with E-state index in [0.717, 1.165) is 35.9 Å². The van der Waals surface area contributed by atoms with E-state index < -0.39 is 0 Å². The van der Waals surface area contributed by atoms with Crippen LogP contribution >= 0.6 is 23.1 Å². The highest BCUT2D eigenvalue weighted by Gasteiger charge is 2.22. The number of rotatable bonds is 7. The fraction of sp³-hybridized carbons (Fsp3) is 0.632. The van der Waals surface area contributed by atoms with Crippen molar-refractivity contribution in [2.75, 3.05) is 5.75 Å². The van der Waals surface area contributed by atoms with Gasteiger partial charge in [0.25, 0.3) is 5.56 Å². The van der Waals surface area contributed by atoms with Gasteiger partial charge in [-0.2, -0.15) is 0 Å². The van der Waals surface area contributed by atoms with Crippen LogP contribution in [-0.4, -0.2) is 21.1 Å². The first-order chi connectivity index (χ1) is 12.0. The number of hydrogen-bond donors (Lipinski definition) is 0. The summed E-state index contributed by atoms with van der Waals surface area (Å²) in [5.74, 6) is 1.11. The van der Waals surface area contributed by atoms with Gasteiger partial charge in [-0.1, -0.05) is 32.5 Å². The van der Waals surface area contributed by atoms with Gasteiger partial charge in [0, 0.05) is 17.8 Å². The number of thiophene rings is 1. The highest BCUT2D eigenvalue weighted by molar-refractivity contribution is 7.99. The van der Waals surface area contributed by atoms with Crippen molar-refractivity contribution in [1.29, 1.82) is 0 Å². The van der Waals surface area contributed by atoms with Crippen LogP contribution in [0.15, 0.2) is 9.95 Å². The van der Waals surface area contributed by atoms with Gasteiger partial charge in [-0.3, -0.25) is 14.2 Å². The molecule has 4 nitrogen and oxygen atoms in total. The molecule has 0 N–H and O–H groups in total. The number of ketones is 1. The van der Waals surface area contributed by atoms with E-state index in [4.69, 9.17) is 4.98 Å². The molecule has 0 saturated carbocycles. The second-order valence-corrected chi connectivity index (χ2v) is 9.13. The molecule has 2 aromatic heterocycles. The van der Waals surface area contributed by atoms with Crippen molar-refractivity contribution in [1.82, 2.24) is 9.55 Å². The molecule has 0 bridgehead atoms. The van der Waals surface area contributed by atoms with Gasteiger partial charge >= 0.3 is 0 Å². The molecule has 136 valence electrons. The number of nitrogens with zero attached hydrogens (tertiary/aromatic N) is 2. The SMILES string of the molecule is CCC(=O)CSc1nc2sc3c(c2c(=O)n1CCC(C)C)CCCC3. The Balaban J connectivity index is 2.07. The largest absolute Gasteiger partial charge is 0.299 e. The first-order valence-corrected chi connectivity index (χ1v) is 11.0. The van der Waals surface area contributed by atoms with Crippen LogP contribution in [0.3, 0.4) is 0 Å². The number of hydrogen-bond acceptors (Lipinski definition) is 5. The number of aryl methyl sites for hydroxylation is 2. The third kappa shape index (κ3) is 4.00. The molecule has 25 heavy (non-hydrogen) atoms. The van der Waals surface area contributed by atoms with Gasteiger partial charge in [0.15, 0.2) is 5.16 Å². The van der Waals surface area contributed by atoms with E-state index in [1.54, 1.807) is 11.3 Å². The summed E-state index contributed by atoms with van der Waals surface area (Å²) in [6.45, 7) is 6.87. The van der Waals surface area contributed by atoms with Crippen molar-refractivity contribution < 1.29 is 4.79 Å². The fourth-order valence-electron chi connectivity index (χ4n) is 3.16. The van der Waals surface area contributed by atoms with Crippen molar-refractivity contribution in [2.45, 2.75) is 71.0 Å². The zero-order valence-corrected chi connectivity index (χ0v) is 16.9. The molecule has 1 aliphatic rings. The maximum absolute atomic E-state index is 13.2. The van der Waals surface area contributed by atoms with E-state index in [1.165, 1.54) is 28.6 Å².